The normalized spacial score (nSPS) is 15.6. The van der Waals surface area contributed by atoms with E-state index in [1.54, 1.807) is 0 Å². The van der Waals surface area contributed by atoms with Gasteiger partial charge in [0, 0.05) is 0 Å². The van der Waals surface area contributed by atoms with Crippen molar-refractivity contribution in [1.82, 2.24) is 0 Å². The SMILES string of the molecule is C=CCC(CC)c1ccc2c(c1)OCCO2. The number of hydrogen-bond donors (Lipinski definition) is 0. The number of hydrogen-bond acceptors (Lipinski definition) is 2. The minimum Gasteiger partial charge on any atom is -0.486 e. The average molecular weight is 218 g/mol. The van der Waals surface area contributed by atoms with Crippen molar-refractivity contribution in [3.8, 4) is 11.5 Å². The highest BCUT2D eigenvalue weighted by molar-refractivity contribution is 5.44. The molecular weight excluding hydrogens is 200 g/mol. The van der Waals surface area contributed by atoms with Crippen LogP contribution in [0.2, 0.25) is 0 Å². The minimum absolute atomic E-state index is 0.535. The van der Waals surface area contributed by atoms with Gasteiger partial charge in [0.25, 0.3) is 0 Å². The minimum atomic E-state index is 0.535. The molecule has 0 saturated heterocycles. The Bertz CT molecular complexity index is 371. The van der Waals surface area contributed by atoms with Crippen LogP contribution in [-0.4, -0.2) is 13.2 Å². The van der Waals surface area contributed by atoms with Crippen molar-refractivity contribution < 1.29 is 9.47 Å². The average Bonchev–Trinajstić information content (AvgIpc) is 2.35. The molecule has 86 valence electrons. The van der Waals surface area contributed by atoms with Crippen LogP contribution in [0.1, 0.15) is 31.2 Å². The fourth-order valence-electron chi connectivity index (χ4n) is 2.05. The van der Waals surface area contributed by atoms with Gasteiger partial charge in [-0.15, -0.1) is 6.58 Å². The van der Waals surface area contributed by atoms with Gasteiger partial charge < -0.3 is 9.47 Å². The molecule has 16 heavy (non-hydrogen) atoms. The number of ether oxygens (including phenoxy) is 2. The third kappa shape index (κ3) is 2.21. The van der Waals surface area contributed by atoms with E-state index in [4.69, 9.17) is 9.47 Å². The Kier molecular flexibility index (Phi) is 3.50. The molecule has 0 aromatic heterocycles. The molecule has 1 atom stereocenters. The van der Waals surface area contributed by atoms with Gasteiger partial charge in [0.15, 0.2) is 11.5 Å². The van der Waals surface area contributed by atoms with E-state index in [2.05, 4.69) is 25.6 Å². The first-order valence-corrected chi connectivity index (χ1v) is 5.85. The first-order valence-electron chi connectivity index (χ1n) is 5.85. The lowest BCUT2D eigenvalue weighted by Crippen LogP contribution is -2.15. The zero-order chi connectivity index (χ0) is 11.4. The van der Waals surface area contributed by atoms with Gasteiger partial charge in [-0.25, -0.2) is 0 Å². The second-order valence-electron chi connectivity index (χ2n) is 4.03. The van der Waals surface area contributed by atoms with Crippen LogP contribution >= 0.6 is 0 Å². The molecule has 0 saturated carbocycles. The summed E-state index contributed by atoms with van der Waals surface area (Å²) in [4.78, 5) is 0. The fraction of sp³-hybridized carbons (Fsp3) is 0.429. The molecule has 0 radical (unpaired) electrons. The van der Waals surface area contributed by atoms with Gasteiger partial charge in [-0.2, -0.15) is 0 Å². The Hall–Kier alpha value is -1.44. The van der Waals surface area contributed by atoms with Gasteiger partial charge in [0.05, 0.1) is 0 Å². The maximum absolute atomic E-state index is 5.59. The van der Waals surface area contributed by atoms with Crippen molar-refractivity contribution >= 4 is 0 Å². The molecule has 1 aliphatic heterocycles. The van der Waals surface area contributed by atoms with Crippen LogP contribution < -0.4 is 9.47 Å². The highest BCUT2D eigenvalue weighted by Crippen LogP contribution is 2.34. The third-order valence-electron chi connectivity index (χ3n) is 2.98. The van der Waals surface area contributed by atoms with Crippen LogP contribution in [0.5, 0.6) is 11.5 Å². The van der Waals surface area contributed by atoms with E-state index in [0.29, 0.717) is 19.1 Å². The summed E-state index contributed by atoms with van der Waals surface area (Å²) < 4.78 is 11.1. The Morgan fingerprint density at radius 3 is 2.75 bits per heavy atom. The maximum Gasteiger partial charge on any atom is 0.161 e. The molecule has 1 aliphatic rings. The summed E-state index contributed by atoms with van der Waals surface area (Å²) in [7, 11) is 0. The molecule has 0 spiro atoms. The van der Waals surface area contributed by atoms with Crippen molar-refractivity contribution in [2.45, 2.75) is 25.7 Å². The highest BCUT2D eigenvalue weighted by Gasteiger charge is 2.15. The smallest absolute Gasteiger partial charge is 0.161 e. The lowest BCUT2D eigenvalue weighted by molar-refractivity contribution is 0.171. The van der Waals surface area contributed by atoms with E-state index < -0.39 is 0 Å². The molecule has 2 rings (SSSR count). The Morgan fingerprint density at radius 1 is 1.31 bits per heavy atom. The van der Waals surface area contributed by atoms with Crippen LogP contribution in [0, 0.1) is 0 Å². The molecule has 2 nitrogen and oxygen atoms in total. The van der Waals surface area contributed by atoms with Gasteiger partial charge in [0.1, 0.15) is 13.2 Å². The molecule has 1 aromatic carbocycles. The van der Waals surface area contributed by atoms with E-state index in [1.807, 2.05) is 12.1 Å². The molecule has 0 N–H and O–H groups in total. The summed E-state index contributed by atoms with van der Waals surface area (Å²) >= 11 is 0. The Balaban J connectivity index is 2.24. The van der Waals surface area contributed by atoms with Crippen LogP contribution in [-0.2, 0) is 0 Å². The quantitative estimate of drug-likeness (QED) is 0.720. The molecule has 0 bridgehead atoms. The van der Waals surface area contributed by atoms with Gasteiger partial charge in [-0.3, -0.25) is 0 Å². The standard InChI is InChI=1S/C14H18O2/c1-3-5-11(4-2)12-6-7-13-14(10-12)16-9-8-15-13/h3,6-7,10-11H,1,4-5,8-9H2,2H3. The van der Waals surface area contributed by atoms with Crippen molar-refractivity contribution in [1.29, 1.82) is 0 Å². The van der Waals surface area contributed by atoms with E-state index in [9.17, 15) is 0 Å². The maximum atomic E-state index is 5.59. The topological polar surface area (TPSA) is 18.5 Å². The van der Waals surface area contributed by atoms with Crippen LogP contribution in [0.3, 0.4) is 0 Å². The monoisotopic (exact) mass is 218 g/mol. The van der Waals surface area contributed by atoms with Gasteiger partial charge in [0.2, 0.25) is 0 Å². The molecule has 0 amide bonds. The van der Waals surface area contributed by atoms with Crippen molar-refractivity contribution in [3.05, 3.63) is 36.4 Å². The van der Waals surface area contributed by atoms with Crippen molar-refractivity contribution in [3.63, 3.8) is 0 Å². The lowest BCUT2D eigenvalue weighted by Gasteiger charge is -2.21. The second-order valence-corrected chi connectivity index (χ2v) is 4.03. The fourth-order valence-corrected chi connectivity index (χ4v) is 2.05. The summed E-state index contributed by atoms with van der Waals surface area (Å²) in [5.74, 6) is 2.28. The molecule has 0 fully saturated rings. The first-order chi connectivity index (χ1) is 7.85. The van der Waals surface area contributed by atoms with E-state index >= 15 is 0 Å². The summed E-state index contributed by atoms with van der Waals surface area (Å²) in [5.41, 5.74) is 1.31. The second kappa shape index (κ2) is 5.06. The largest absolute Gasteiger partial charge is 0.486 e. The predicted octanol–water partition coefficient (Wildman–Crippen LogP) is 3.53. The Labute approximate surface area is 96.9 Å². The van der Waals surface area contributed by atoms with Crippen LogP contribution in [0.25, 0.3) is 0 Å². The summed E-state index contributed by atoms with van der Waals surface area (Å²) in [5, 5.41) is 0. The van der Waals surface area contributed by atoms with Crippen molar-refractivity contribution in [2.24, 2.45) is 0 Å². The number of benzene rings is 1. The number of fused-ring (bicyclic) bond motifs is 1. The summed E-state index contributed by atoms with van der Waals surface area (Å²) in [6.07, 6.45) is 4.10. The van der Waals surface area contributed by atoms with Crippen LogP contribution in [0.4, 0.5) is 0 Å². The highest BCUT2D eigenvalue weighted by atomic mass is 16.6. The van der Waals surface area contributed by atoms with Crippen LogP contribution in [0.15, 0.2) is 30.9 Å². The lowest BCUT2D eigenvalue weighted by atomic mass is 9.93. The van der Waals surface area contributed by atoms with Gasteiger partial charge >= 0.3 is 0 Å². The predicted molar refractivity (Wildman–Crippen MR) is 65.3 cm³/mol. The molecular formula is C14H18O2. The zero-order valence-electron chi connectivity index (χ0n) is 9.74. The number of rotatable bonds is 4. The van der Waals surface area contributed by atoms with E-state index in [-0.39, 0.29) is 0 Å². The van der Waals surface area contributed by atoms with E-state index in [1.165, 1.54) is 5.56 Å². The summed E-state index contributed by atoms with van der Waals surface area (Å²) in [6.45, 7) is 7.30. The first kappa shape index (κ1) is 11.1. The Morgan fingerprint density at radius 2 is 2.06 bits per heavy atom. The van der Waals surface area contributed by atoms with Gasteiger partial charge in [-0.05, 0) is 36.5 Å². The number of allylic oxidation sites excluding steroid dienone is 1. The summed E-state index contributed by atoms with van der Waals surface area (Å²) in [6, 6.07) is 6.24. The van der Waals surface area contributed by atoms with Gasteiger partial charge in [-0.1, -0.05) is 19.1 Å². The molecule has 1 aromatic rings. The molecule has 2 heteroatoms. The third-order valence-corrected chi connectivity index (χ3v) is 2.98. The molecule has 1 heterocycles. The molecule has 1 unspecified atom stereocenters. The van der Waals surface area contributed by atoms with E-state index in [0.717, 1.165) is 24.3 Å². The zero-order valence-corrected chi connectivity index (χ0v) is 9.74. The van der Waals surface area contributed by atoms with Crippen molar-refractivity contribution in [2.75, 3.05) is 13.2 Å². The molecule has 0 aliphatic carbocycles.